The second-order valence-corrected chi connectivity index (χ2v) is 5.52. The average Bonchev–Trinajstić information content (AvgIpc) is 3.02. The fourth-order valence-electron chi connectivity index (χ4n) is 2.32. The van der Waals surface area contributed by atoms with E-state index in [1.165, 1.54) is 18.1 Å². The van der Waals surface area contributed by atoms with Gasteiger partial charge in [0.1, 0.15) is 29.6 Å². The Morgan fingerprint density at radius 2 is 2.30 bits per heavy atom. The van der Waals surface area contributed by atoms with Crippen molar-refractivity contribution in [2.45, 2.75) is 30.3 Å². The van der Waals surface area contributed by atoms with E-state index in [1.54, 1.807) is 17.2 Å². The van der Waals surface area contributed by atoms with Crippen molar-refractivity contribution in [1.82, 2.24) is 19.5 Å². The number of nitrogen functional groups attached to an aromatic ring is 1. The Balaban J connectivity index is 1.91. The van der Waals surface area contributed by atoms with E-state index in [-0.39, 0.29) is 0 Å². The van der Waals surface area contributed by atoms with Crippen LogP contribution in [0.15, 0.2) is 12.7 Å². The van der Waals surface area contributed by atoms with Gasteiger partial charge in [-0.15, -0.1) is 11.8 Å². The molecule has 4 atom stereocenters. The molecule has 0 aromatic carbocycles. The van der Waals surface area contributed by atoms with Gasteiger partial charge in [0.05, 0.1) is 12.4 Å². The van der Waals surface area contributed by atoms with Crippen molar-refractivity contribution in [3.05, 3.63) is 12.7 Å². The highest BCUT2D eigenvalue weighted by molar-refractivity contribution is 7.99. The maximum atomic E-state index is 10.00. The van der Waals surface area contributed by atoms with Crippen molar-refractivity contribution in [2.24, 2.45) is 0 Å². The third-order valence-electron chi connectivity index (χ3n) is 3.36. The van der Waals surface area contributed by atoms with Crippen LogP contribution in [0.25, 0.3) is 11.2 Å². The molecule has 4 N–H and O–H groups in total. The van der Waals surface area contributed by atoms with Gasteiger partial charge in [-0.2, -0.15) is 0 Å². The molecular formula is C11H15N5O3S. The number of hydrogen-bond donors (Lipinski definition) is 3. The molecule has 0 amide bonds. The van der Waals surface area contributed by atoms with Crippen LogP contribution in [0.3, 0.4) is 0 Å². The smallest absolute Gasteiger partial charge is 0.167 e. The molecule has 0 saturated carbocycles. The molecule has 0 radical (unpaired) electrons. The first kappa shape index (κ1) is 13.6. The number of thioether (sulfide) groups is 1. The molecule has 1 aliphatic rings. The van der Waals surface area contributed by atoms with E-state index >= 15 is 0 Å². The van der Waals surface area contributed by atoms with Gasteiger partial charge in [0, 0.05) is 6.42 Å². The lowest BCUT2D eigenvalue weighted by molar-refractivity contribution is -0.0537. The van der Waals surface area contributed by atoms with Crippen molar-refractivity contribution in [2.75, 3.05) is 12.0 Å². The van der Waals surface area contributed by atoms with Gasteiger partial charge >= 0.3 is 0 Å². The maximum Gasteiger partial charge on any atom is 0.167 e. The maximum absolute atomic E-state index is 10.00. The molecule has 0 bridgehead atoms. The zero-order valence-corrected chi connectivity index (χ0v) is 11.6. The summed E-state index contributed by atoms with van der Waals surface area (Å²) in [6, 6.07) is 0. The Bertz CT molecular complexity index is 621. The number of ether oxygens (including phenoxy) is 1. The second kappa shape index (κ2) is 5.17. The first-order valence-corrected chi connectivity index (χ1v) is 7.38. The first-order valence-electron chi connectivity index (χ1n) is 6.09. The van der Waals surface area contributed by atoms with Crippen LogP contribution in [-0.2, 0) is 4.74 Å². The Morgan fingerprint density at radius 1 is 1.50 bits per heavy atom. The van der Waals surface area contributed by atoms with Gasteiger partial charge in [0.25, 0.3) is 0 Å². The topological polar surface area (TPSA) is 119 Å². The molecule has 1 aliphatic heterocycles. The number of aromatic nitrogens is 4. The molecular weight excluding hydrogens is 282 g/mol. The number of hydrogen-bond acceptors (Lipinski definition) is 8. The van der Waals surface area contributed by atoms with Gasteiger partial charge in [-0.05, 0) is 6.26 Å². The number of aliphatic hydroxyl groups excluding tert-OH is 2. The van der Waals surface area contributed by atoms with Crippen LogP contribution in [0.1, 0.15) is 12.6 Å². The summed E-state index contributed by atoms with van der Waals surface area (Å²) in [4.78, 5) is 12.2. The molecule has 108 valence electrons. The summed E-state index contributed by atoms with van der Waals surface area (Å²) in [6.07, 6.45) is 3.23. The van der Waals surface area contributed by atoms with E-state index in [2.05, 4.69) is 15.0 Å². The molecule has 2 aromatic heterocycles. The SMILES string of the molecule is CSC(O)[C@H]1O[C@@H](n2cnc3c(N)ncnc32)C[C@@H]1O. The summed E-state index contributed by atoms with van der Waals surface area (Å²) in [5.41, 5.74) is 6.01. The van der Waals surface area contributed by atoms with Crippen LogP contribution in [-0.4, -0.2) is 53.6 Å². The van der Waals surface area contributed by atoms with Gasteiger partial charge < -0.3 is 20.7 Å². The standard InChI is InChI=1S/C11H15N5O3S/c1-20-11(18)8-5(17)2-6(19-8)16-4-15-7-9(12)13-3-14-10(7)16/h3-6,8,11,17-18H,2H2,1H3,(H2,12,13,14)/t5-,6+,8-,11?/m0/s1. The summed E-state index contributed by atoms with van der Waals surface area (Å²) in [7, 11) is 0. The Morgan fingerprint density at radius 3 is 3.05 bits per heavy atom. The molecule has 0 aliphatic carbocycles. The first-order chi connectivity index (χ1) is 9.61. The third-order valence-corrected chi connectivity index (χ3v) is 4.11. The van der Waals surface area contributed by atoms with Gasteiger partial charge in [-0.1, -0.05) is 0 Å². The normalized spacial score (nSPS) is 28.1. The molecule has 8 nitrogen and oxygen atoms in total. The van der Waals surface area contributed by atoms with E-state index in [0.717, 1.165) is 0 Å². The van der Waals surface area contributed by atoms with E-state index < -0.39 is 23.9 Å². The molecule has 1 fully saturated rings. The van der Waals surface area contributed by atoms with E-state index in [4.69, 9.17) is 10.5 Å². The number of aliphatic hydroxyl groups is 2. The largest absolute Gasteiger partial charge is 0.390 e. The number of anilines is 1. The Hall–Kier alpha value is -1.42. The summed E-state index contributed by atoms with van der Waals surface area (Å²) < 4.78 is 7.42. The highest BCUT2D eigenvalue weighted by Crippen LogP contribution is 2.34. The van der Waals surface area contributed by atoms with E-state index in [9.17, 15) is 10.2 Å². The predicted octanol–water partition coefficient (Wildman–Crippen LogP) is -0.262. The van der Waals surface area contributed by atoms with Gasteiger partial charge in [0.2, 0.25) is 0 Å². The van der Waals surface area contributed by atoms with Crippen LogP contribution < -0.4 is 5.73 Å². The van der Waals surface area contributed by atoms with Crippen LogP contribution >= 0.6 is 11.8 Å². The highest BCUT2D eigenvalue weighted by Gasteiger charge is 2.39. The lowest BCUT2D eigenvalue weighted by Crippen LogP contribution is -2.31. The highest BCUT2D eigenvalue weighted by atomic mass is 32.2. The molecule has 2 aromatic rings. The molecule has 9 heteroatoms. The van der Waals surface area contributed by atoms with E-state index in [1.807, 2.05) is 0 Å². The lowest BCUT2D eigenvalue weighted by Gasteiger charge is -2.19. The lowest BCUT2D eigenvalue weighted by atomic mass is 10.2. The minimum absolute atomic E-state index is 0.299. The predicted molar refractivity (Wildman–Crippen MR) is 73.8 cm³/mol. The number of rotatable bonds is 3. The third kappa shape index (κ3) is 2.12. The zero-order valence-electron chi connectivity index (χ0n) is 10.7. The van der Waals surface area contributed by atoms with Crippen LogP contribution in [0.2, 0.25) is 0 Å². The number of fused-ring (bicyclic) bond motifs is 1. The van der Waals surface area contributed by atoms with Crippen LogP contribution in [0.4, 0.5) is 5.82 Å². The fourth-order valence-corrected chi connectivity index (χ4v) is 2.83. The number of nitrogens with zero attached hydrogens (tertiary/aromatic N) is 4. The molecule has 20 heavy (non-hydrogen) atoms. The average molecular weight is 297 g/mol. The zero-order chi connectivity index (χ0) is 14.3. The van der Waals surface area contributed by atoms with Gasteiger partial charge in [-0.3, -0.25) is 4.57 Å². The Labute approximate surface area is 119 Å². The molecule has 3 heterocycles. The van der Waals surface area contributed by atoms with Crippen molar-refractivity contribution >= 4 is 28.7 Å². The van der Waals surface area contributed by atoms with E-state index in [0.29, 0.717) is 23.4 Å². The number of nitrogens with two attached hydrogens (primary N) is 1. The van der Waals surface area contributed by atoms with Crippen molar-refractivity contribution < 1.29 is 14.9 Å². The van der Waals surface area contributed by atoms with Crippen LogP contribution in [0, 0.1) is 0 Å². The van der Waals surface area contributed by atoms with Gasteiger partial charge in [0.15, 0.2) is 11.5 Å². The summed E-state index contributed by atoms with van der Waals surface area (Å²) in [5.74, 6) is 0.299. The molecule has 1 saturated heterocycles. The molecule has 0 spiro atoms. The summed E-state index contributed by atoms with van der Waals surface area (Å²) >= 11 is 1.23. The molecule has 3 rings (SSSR count). The van der Waals surface area contributed by atoms with Crippen molar-refractivity contribution in [1.29, 1.82) is 0 Å². The van der Waals surface area contributed by atoms with Crippen LogP contribution in [0.5, 0.6) is 0 Å². The summed E-state index contributed by atoms with van der Waals surface area (Å²) in [5, 5.41) is 19.8. The van der Waals surface area contributed by atoms with Gasteiger partial charge in [-0.25, -0.2) is 15.0 Å². The minimum atomic E-state index is -0.774. The number of imidazole rings is 1. The quantitative estimate of drug-likeness (QED) is 0.663. The Kier molecular flexibility index (Phi) is 3.50. The fraction of sp³-hybridized carbons (Fsp3) is 0.545. The molecule has 1 unspecified atom stereocenters. The van der Waals surface area contributed by atoms with Crippen molar-refractivity contribution in [3.63, 3.8) is 0 Å². The monoisotopic (exact) mass is 297 g/mol. The van der Waals surface area contributed by atoms with Crippen molar-refractivity contribution in [3.8, 4) is 0 Å². The minimum Gasteiger partial charge on any atom is -0.390 e. The summed E-state index contributed by atoms with van der Waals surface area (Å²) in [6.45, 7) is 0. The second-order valence-electron chi connectivity index (χ2n) is 4.57.